The first kappa shape index (κ1) is 22.9. The molecule has 4 rings (SSSR count). The fourth-order valence-electron chi connectivity index (χ4n) is 3.62. The molecule has 0 spiro atoms. The first-order valence-corrected chi connectivity index (χ1v) is 11.4. The molecule has 0 fully saturated rings. The molecule has 4 aromatic rings. The molecule has 6 heteroatoms. The van der Waals surface area contributed by atoms with Crippen LogP contribution in [0.25, 0.3) is 10.8 Å². The van der Waals surface area contributed by atoms with E-state index < -0.39 is 5.97 Å². The van der Waals surface area contributed by atoms with Crippen LogP contribution in [0.3, 0.4) is 0 Å². The van der Waals surface area contributed by atoms with Gasteiger partial charge in [0, 0.05) is 5.39 Å². The lowest BCUT2D eigenvalue weighted by Gasteiger charge is -2.16. The van der Waals surface area contributed by atoms with Crippen LogP contribution in [-0.2, 0) is 6.61 Å². The van der Waals surface area contributed by atoms with E-state index in [4.69, 9.17) is 18.9 Å². The summed E-state index contributed by atoms with van der Waals surface area (Å²) in [6.45, 7) is 2.32. The maximum absolute atomic E-state index is 13.1. The standard InChI is InChI=1S/C27H23IO5/c1-17-14-20(26(28)24(15-17)31-3)27(29)33-21-12-13-22(30-2)25-19(21)10-7-11-23(25)32-16-18-8-5-4-6-9-18/h4-15H,16H2,1-3H3. The molecular weight excluding hydrogens is 531 g/mol. The van der Waals surface area contributed by atoms with Crippen molar-refractivity contribution < 1.29 is 23.7 Å². The Hall–Kier alpha value is -3.26. The third-order valence-corrected chi connectivity index (χ3v) is 6.32. The van der Waals surface area contributed by atoms with Gasteiger partial charge in [-0.1, -0.05) is 42.5 Å². The number of aryl methyl sites for hydroxylation is 1. The molecule has 33 heavy (non-hydrogen) atoms. The minimum absolute atomic E-state index is 0.411. The van der Waals surface area contributed by atoms with Crippen molar-refractivity contribution in [3.8, 4) is 23.0 Å². The van der Waals surface area contributed by atoms with E-state index in [-0.39, 0.29) is 0 Å². The topological polar surface area (TPSA) is 54.0 Å². The lowest BCUT2D eigenvalue weighted by atomic mass is 10.1. The van der Waals surface area contributed by atoms with Crippen LogP contribution in [0.5, 0.6) is 23.0 Å². The zero-order chi connectivity index (χ0) is 23.4. The molecule has 0 N–H and O–H groups in total. The van der Waals surface area contributed by atoms with Gasteiger partial charge in [0.25, 0.3) is 0 Å². The summed E-state index contributed by atoms with van der Waals surface area (Å²) in [5.41, 5.74) is 2.42. The second-order valence-corrected chi connectivity index (χ2v) is 8.52. The van der Waals surface area contributed by atoms with E-state index in [1.807, 2.05) is 61.5 Å². The summed E-state index contributed by atoms with van der Waals surface area (Å²) in [6, 6.07) is 22.8. The van der Waals surface area contributed by atoms with Gasteiger partial charge < -0.3 is 18.9 Å². The van der Waals surface area contributed by atoms with Crippen LogP contribution in [0.2, 0.25) is 0 Å². The van der Waals surface area contributed by atoms with Gasteiger partial charge in [0.1, 0.15) is 29.6 Å². The zero-order valence-electron chi connectivity index (χ0n) is 18.6. The number of esters is 1. The Morgan fingerprint density at radius 2 is 1.55 bits per heavy atom. The molecule has 0 aliphatic heterocycles. The molecule has 0 bridgehead atoms. The monoisotopic (exact) mass is 554 g/mol. The van der Waals surface area contributed by atoms with E-state index in [9.17, 15) is 4.79 Å². The fourth-order valence-corrected chi connectivity index (χ4v) is 4.37. The Morgan fingerprint density at radius 3 is 2.27 bits per heavy atom. The second kappa shape index (κ2) is 10.1. The molecule has 0 saturated carbocycles. The summed E-state index contributed by atoms with van der Waals surface area (Å²) in [7, 11) is 3.19. The van der Waals surface area contributed by atoms with Crippen molar-refractivity contribution >= 4 is 39.3 Å². The molecule has 5 nitrogen and oxygen atoms in total. The van der Waals surface area contributed by atoms with Crippen molar-refractivity contribution in [2.24, 2.45) is 0 Å². The fraction of sp³-hybridized carbons (Fsp3) is 0.148. The summed E-state index contributed by atoms with van der Waals surface area (Å²) in [5, 5.41) is 1.47. The predicted molar refractivity (Wildman–Crippen MR) is 137 cm³/mol. The van der Waals surface area contributed by atoms with Crippen LogP contribution in [-0.4, -0.2) is 20.2 Å². The van der Waals surface area contributed by atoms with Crippen molar-refractivity contribution in [2.45, 2.75) is 13.5 Å². The van der Waals surface area contributed by atoms with Crippen LogP contribution in [0, 0.1) is 10.5 Å². The molecule has 0 amide bonds. The number of fused-ring (bicyclic) bond motifs is 1. The molecule has 4 aromatic carbocycles. The summed E-state index contributed by atoms with van der Waals surface area (Å²) in [5.74, 6) is 1.90. The van der Waals surface area contributed by atoms with Crippen LogP contribution in [0.1, 0.15) is 21.5 Å². The van der Waals surface area contributed by atoms with Crippen molar-refractivity contribution in [1.82, 2.24) is 0 Å². The number of hydrogen-bond acceptors (Lipinski definition) is 5. The molecular formula is C27H23IO5. The number of carbonyl (C=O) groups is 1. The lowest BCUT2D eigenvalue weighted by molar-refractivity contribution is 0.0735. The molecule has 0 aliphatic rings. The Labute approximate surface area is 206 Å². The minimum atomic E-state index is -0.455. The van der Waals surface area contributed by atoms with Crippen molar-refractivity contribution in [1.29, 1.82) is 0 Å². The Kier molecular flexibility index (Phi) is 7.03. The van der Waals surface area contributed by atoms with E-state index in [2.05, 4.69) is 22.6 Å². The third kappa shape index (κ3) is 4.90. The van der Waals surface area contributed by atoms with E-state index in [0.29, 0.717) is 38.7 Å². The van der Waals surface area contributed by atoms with E-state index >= 15 is 0 Å². The average molecular weight is 554 g/mol. The van der Waals surface area contributed by atoms with Gasteiger partial charge in [-0.25, -0.2) is 4.79 Å². The van der Waals surface area contributed by atoms with Crippen LogP contribution >= 0.6 is 22.6 Å². The largest absolute Gasteiger partial charge is 0.496 e. The number of hydrogen-bond donors (Lipinski definition) is 0. The maximum atomic E-state index is 13.1. The number of benzene rings is 4. The van der Waals surface area contributed by atoms with Crippen LogP contribution in [0.15, 0.2) is 72.8 Å². The highest BCUT2D eigenvalue weighted by molar-refractivity contribution is 14.1. The van der Waals surface area contributed by atoms with Crippen LogP contribution in [0.4, 0.5) is 0 Å². The molecule has 0 radical (unpaired) electrons. The van der Waals surface area contributed by atoms with Gasteiger partial charge >= 0.3 is 5.97 Å². The molecule has 0 aromatic heterocycles. The van der Waals surface area contributed by atoms with Crippen molar-refractivity contribution in [3.05, 3.63) is 93.1 Å². The summed E-state index contributed by atoms with van der Waals surface area (Å²) < 4.78 is 23.7. The number of rotatable bonds is 7. The van der Waals surface area contributed by atoms with E-state index in [0.717, 1.165) is 21.9 Å². The summed E-state index contributed by atoms with van der Waals surface area (Å²) in [6.07, 6.45) is 0. The van der Waals surface area contributed by atoms with Gasteiger partial charge in [-0.3, -0.25) is 0 Å². The molecule has 168 valence electrons. The molecule has 0 heterocycles. The zero-order valence-corrected chi connectivity index (χ0v) is 20.7. The first-order chi connectivity index (χ1) is 16.0. The van der Waals surface area contributed by atoms with Gasteiger partial charge in [-0.05, 0) is 71.0 Å². The van der Waals surface area contributed by atoms with E-state index in [1.165, 1.54) is 0 Å². The van der Waals surface area contributed by atoms with Gasteiger partial charge in [0.2, 0.25) is 0 Å². The van der Waals surface area contributed by atoms with Gasteiger partial charge in [-0.15, -0.1) is 0 Å². The van der Waals surface area contributed by atoms with Gasteiger partial charge in [0.15, 0.2) is 0 Å². The normalized spacial score (nSPS) is 10.7. The highest BCUT2D eigenvalue weighted by Gasteiger charge is 2.20. The van der Waals surface area contributed by atoms with Gasteiger partial charge in [-0.2, -0.15) is 0 Å². The molecule has 0 aliphatic carbocycles. The smallest absolute Gasteiger partial charge is 0.344 e. The number of ether oxygens (including phenoxy) is 4. The second-order valence-electron chi connectivity index (χ2n) is 7.44. The van der Waals surface area contributed by atoms with E-state index in [1.54, 1.807) is 32.4 Å². The summed E-state index contributed by atoms with van der Waals surface area (Å²) >= 11 is 2.10. The van der Waals surface area contributed by atoms with Crippen molar-refractivity contribution in [2.75, 3.05) is 14.2 Å². The Balaban J connectivity index is 1.71. The maximum Gasteiger partial charge on any atom is 0.344 e. The lowest BCUT2D eigenvalue weighted by Crippen LogP contribution is -2.12. The van der Waals surface area contributed by atoms with Gasteiger partial charge in [0.05, 0.1) is 28.7 Å². The quantitative estimate of drug-likeness (QED) is 0.147. The number of halogens is 1. The Morgan fingerprint density at radius 1 is 0.818 bits per heavy atom. The highest BCUT2D eigenvalue weighted by atomic mass is 127. The molecule has 0 unspecified atom stereocenters. The first-order valence-electron chi connectivity index (χ1n) is 10.3. The average Bonchev–Trinajstić information content (AvgIpc) is 2.84. The number of methoxy groups -OCH3 is 2. The van der Waals surface area contributed by atoms with Crippen LogP contribution < -0.4 is 18.9 Å². The van der Waals surface area contributed by atoms with Crippen molar-refractivity contribution in [3.63, 3.8) is 0 Å². The Bertz CT molecular complexity index is 1300. The predicted octanol–water partition coefficient (Wildman–Crippen LogP) is 6.57. The number of carbonyl (C=O) groups excluding carboxylic acids is 1. The molecule has 0 atom stereocenters. The highest BCUT2D eigenvalue weighted by Crippen LogP contribution is 2.40. The third-order valence-electron chi connectivity index (χ3n) is 5.21. The summed E-state index contributed by atoms with van der Waals surface area (Å²) in [4.78, 5) is 13.1. The molecule has 0 saturated heterocycles. The SMILES string of the molecule is COc1cc(C)cc(C(=O)Oc2ccc(OC)c3c(OCc4ccccc4)cccc23)c1I. The minimum Gasteiger partial charge on any atom is -0.496 e.